The molecule has 2 amide bonds. The molecule has 0 N–H and O–H groups in total. The van der Waals surface area contributed by atoms with Crippen molar-refractivity contribution < 1.29 is 24.0 Å². The molecule has 6 nitrogen and oxygen atoms in total. The largest absolute Gasteiger partial charge is 0.534 e. The van der Waals surface area contributed by atoms with Crippen molar-refractivity contribution in [1.82, 2.24) is 5.06 Å². The topological polar surface area (TPSA) is 72.9 Å². The van der Waals surface area contributed by atoms with Gasteiger partial charge in [0, 0.05) is 12.8 Å². The van der Waals surface area contributed by atoms with Crippen molar-refractivity contribution in [2.45, 2.75) is 25.9 Å². The second kappa shape index (κ2) is 6.70. The normalized spacial score (nSPS) is 13.9. The maximum Gasteiger partial charge on any atom is 0.534 e. The Kier molecular flexibility index (Phi) is 5.00. The van der Waals surface area contributed by atoms with E-state index in [-0.39, 0.29) is 19.4 Å². The van der Waals surface area contributed by atoms with Crippen molar-refractivity contribution in [3.8, 4) is 0 Å². The first kappa shape index (κ1) is 15.7. The second-order valence-corrected chi connectivity index (χ2v) is 4.28. The number of carbonyl (C=O) groups excluding carboxylic acids is 3. The average molecular weight is 543 g/mol. The molecule has 1 aromatic rings. The Hall–Kier alpha value is -3.37. The third-order valence-electron chi connectivity index (χ3n) is 2.84. The molecule has 1 aliphatic heterocycles. The van der Waals surface area contributed by atoms with E-state index in [1.54, 1.807) is 12.1 Å². The molecule has 1 saturated heterocycles. The number of imide groups is 1. The van der Waals surface area contributed by atoms with E-state index in [9.17, 15) is 14.4 Å². The summed E-state index contributed by atoms with van der Waals surface area (Å²) in [6.45, 7) is 3.76. The van der Waals surface area contributed by atoms with Gasteiger partial charge in [-0.1, -0.05) is 34.9 Å². The zero-order valence-electron chi connectivity index (χ0n) is 11.5. The first-order valence-electron chi connectivity index (χ1n) is 6.17. The van der Waals surface area contributed by atoms with Crippen LogP contribution in [0.2, 0.25) is 0 Å². The quantitative estimate of drug-likeness (QED) is 0.329. The fourth-order valence-corrected chi connectivity index (χ4v) is 1.70. The van der Waals surface area contributed by atoms with Crippen LogP contribution in [-0.2, 0) is 32.2 Å². The Morgan fingerprint density at radius 1 is 1.10 bits per heavy atom. The number of amides is 2. The van der Waals surface area contributed by atoms with Crippen LogP contribution in [0, 0.1) is 6.92 Å². The van der Waals surface area contributed by atoms with Crippen LogP contribution in [0.15, 0.2) is 24.3 Å². The molecule has 0 aromatic heterocycles. The molecule has 0 spiro atoms. The van der Waals surface area contributed by atoms with Gasteiger partial charge in [0.15, 0.2) is 0 Å². The molecule has 1 aliphatic rings. The Bertz CT molecular complexity index is 513. The predicted octanol–water partition coefficient (Wildman–Crippen LogP) is 1.78. The molecule has 0 radical (unpaired) electrons. The summed E-state index contributed by atoms with van der Waals surface area (Å²) in [5, 5.41) is 0.453. The van der Waals surface area contributed by atoms with E-state index in [1.807, 2.05) is 12.1 Å². The molecule has 21 heavy (non-hydrogen) atoms. The van der Waals surface area contributed by atoms with Gasteiger partial charge in [0.05, 0.1) is 0 Å². The molecule has 1 aromatic carbocycles. The number of hydrogen-bond donors (Lipinski definition) is 0. The Morgan fingerprint density at radius 2 is 1.62 bits per heavy atom. The number of rotatable bonds is 4. The summed E-state index contributed by atoms with van der Waals surface area (Å²) in [5.74, 6) is -1.07. The van der Waals surface area contributed by atoms with Gasteiger partial charge in [0.1, 0.15) is 6.61 Å². The molecule has 0 saturated carbocycles. The van der Waals surface area contributed by atoms with Crippen molar-refractivity contribution >= 4 is 18.0 Å². The zero-order valence-corrected chi connectivity index (χ0v) is 17.9. The third-order valence-corrected chi connectivity index (χ3v) is 2.84. The van der Waals surface area contributed by atoms with Crippen molar-refractivity contribution in [2.75, 3.05) is 0 Å². The summed E-state index contributed by atoms with van der Waals surface area (Å²) in [4.78, 5) is 38.4. The first-order chi connectivity index (χ1) is 9.60. The second-order valence-electron chi connectivity index (χ2n) is 4.28. The van der Waals surface area contributed by atoms with E-state index in [1.165, 1.54) is 0 Å². The molecule has 0 aliphatic carbocycles. The van der Waals surface area contributed by atoms with Gasteiger partial charge in [-0.15, -0.1) is 0 Å². The molecule has 108 valence electrons. The van der Waals surface area contributed by atoms with Crippen LogP contribution in [0.4, 0.5) is 4.79 Å². The standard InChI is InChI=1S/C14H14NO5.Rf/c1-2-10-3-5-11(6-4-10)9-19-14(18)20-15-12(16)7-8-13(15)17;/h3-6H,1-2,7-9H2;/q-1;. The van der Waals surface area contributed by atoms with Crippen LogP contribution in [-0.4, -0.2) is 23.0 Å². The Morgan fingerprint density at radius 3 is 2.14 bits per heavy atom. The van der Waals surface area contributed by atoms with Crippen LogP contribution in [0.5, 0.6) is 0 Å². The van der Waals surface area contributed by atoms with Gasteiger partial charge in [0.2, 0.25) is 0 Å². The number of nitrogens with zero attached hydrogens (tertiary/aromatic N) is 1. The van der Waals surface area contributed by atoms with Gasteiger partial charge in [-0.05, 0) is 5.56 Å². The smallest absolute Gasteiger partial charge is 0.428 e. The fraction of sp³-hybridized carbons (Fsp3) is 0.286. The van der Waals surface area contributed by atoms with E-state index < -0.39 is 18.0 Å². The number of hydrogen-bond acceptors (Lipinski definition) is 5. The maximum absolute atomic E-state index is 11.4. The number of benzene rings is 1. The van der Waals surface area contributed by atoms with Crippen molar-refractivity contribution in [3.63, 3.8) is 0 Å². The molecule has 1 fully saturated rings. The summed E-state index contributed by atoms with van der Waals surface area (Å²) < 4.78 is 4.84. The minimum atomic E-state index is -1.07. The van der Waals surface area contributed by atoms with Crippen molar-refractivity contribution in [3.05, 3.63) is 42.3 Å². The van der Waals surface area contributed by atoms with Gasteiger partial charge >= 0.3 is 6.16 Å². The van der Waals surface area contributed by atoms with Gasteiger partial charge in [0.25, 0.3) is 11.8 Å². The first-order valence-corrected chi connectivity index (χ1v) is 6.17. The summed E-state index contributed by atoms with van der Waals surface area (Å²) in [6.07, 6.45) is -0.283. The predicted molar refractivity (Wildman–Crippen MR) is 67.9 cm³/mol. The average Bonchev–Trinajstić information content (AvgIpc) is 2.77. The maximum atomic E-state index is 11.4. The van der Waals surface area contributed by atoms with Crippen molar-refractivity contribution in [2.24, 2.45) is 0 Å². The SMILES string of the molecule is [CH2-]Cc1ccc(COC(=O)ON2C(=O)CCC2=O)cc1.[Rf]. The van der Waals surface area contributed by atoms with E-state index in [0.717, 1.165) is 11.1 Å². The number of hydroxylamine groups is 2. The summed E-state index contributed by atoms with van der Waals surface area (Å²) >= 11 is 0. The summed E-state index contributed by atoms with van der Waals surface area (Å²) in [5.41, 5.74) is 1.85. The summed E-state index contributed by atoms with van der Waals surface area (Å²) in [6, 6.07) is 7.37. The Labute approximate surface area is 116 Å². The summed E-state index contributed by atoms with van der Waals surface area (Å²) in [7, 11) is 0. The van der Waals surface area contributed by atoms with Crippen LogP contribution >= 0.6 is 0 Å². The number of ether oxygens (including phenoxy) is 1. The van der Waals surface area contributed by atoms with Gasteiger partial charge in [-0.2, -0.15) is 6.42 Å². The molecular weight excluding hydrogens is 529 g/mol. The van der Waals surface area contributed by atoms with Crippen LogP contribution in [0.1, 0.15) is 24.0 Å². The van der Waals surface area contributed by atoms with Gasteiger partial charge in [-0.25, -0.2) is 4.79 Å². The minimum absolute atomic E-state index is 0. The van der Waals surface area contributed by atoms with Gasteiger partial charge < -0.3 is 11.7 Å². The molecule has 0 atom stereocenters. The van der Waals surface area contributed by atoms with E-state index in [2.05, 4.69) is 11.8 Å². The molecule has 2 rings (SSSR count). The van der Waals surface area contributed by atoms with E-state index in [4.69, 9.17) is 4.74 Å². The molecular formula is C14H14NO5Rf-. The van der Waals surface area contributed by atoms with Gasteiger partial charge in [-0.3, -0.25) is 14.4 Å². The Balaban J connectivity index is 0.00000220. The number of carbonyl (C=O) groups is 3. The zero-order chi connectivity index (χ0) is 14.5. The van der Waals surface area contributed by atoms with E-state index in [0.29, 0.717) is 11.5 Å². The fourth-order valence-electron chi connectivity index (χ4n) is 1.70. The molecule has 7 heteroatoms. The monoisotopic (exact) mass is 543 g/mol. The van der Waals surface area contributed by atoms with Crippen LogP contribution in [0.25, 0.3) is 0 Å². The van der Waals surface area contributed by atoms with Crippen molar-refractivity contribution in [1.29, 1.82) is 0 Å². The molecule has 1 heterocycles. The third kappa shape index (κ3) is 3.79. The minimum Gasteiger partial charge on any atom is -0.428 e. The van der Waals surface area contributed by atoms with Crippen LogP contribution < -0.4 is 0 Å². The van der Waals surface area contributed by atoms with Crippen LogP contribution in [0.3, 0.4) is 0 Å². The molecule has 0 bridgehead atoms. The molecule has 0 unspecified atom stereocenters. The van der Waals surface area contributed by atoms with E-state index >= 15 is 0 Å².